The molecule has 1 aromatic carbocycles. The van der Waals surface area contributed by atoms with Gasteiger partial charge in [-0.3, -0.25) is 0 Å². The first-order valence-corrected chi connectivity index (χ1v) is 10.4. The van der Waals surface area contributed by atoms with E-state index in [-0.39, 0.29) is 18.4 Å². The molecule has 1 atom stereocenters. The van der Waals surface area contributed by atoms with Gasteiger partial charge in [0.15, 0.2) is 15.5 Å². The summed E-state index contributed by atoms with van der Waals surface area (Å²) in [7, 11) is -3.10. The summed E-state index contributed by atoms with van der Waals surface area (Å²) >= 11 is 0. The maximum Gasteiger partial charge on any atom is 0.154 e. The Morgan fingerprint density at radius 1 is 1.27 bits per heavy atom. The van der Waals surface area contributed by atoms with Crippen LogP contribution in [-0.4, -0.2) is 47.0 Å². The van der Waals surface area contributed by atoms with Crippen molar-refractivity contribution in [1.82, 2.24) is 14.6 Å². The van der Waals surface area contributed by atoms with E-state index in [1.807, 2.05) is 37.3 Å². The largest absolute Gasteiger partial charge is 0.394 e. The molecule has 3 aromatic rings. The van der Waals surface area contributed by atoms with Crippen molar-refractivity contribution >= 4 is 21.3 Å². The molecule has 0 saturated carbocycles. The van der Waals surface area contributed by atoms with Gasteiger partial charge in [0.05, 0.1) is 30.3 Å². The first-order valence-electron chi connectivity index (χ1n) is 8.39. The number of nitrogens with one attached hydrogen (secondary N) is 1. The zero-order chi connectivity index (χ0) is 18.7. The number of sulfone groups is 1. The standard InChI is InChI=1S/C18H22N4O3S/c1-3-15(11-23)20-17-7-8-18-19-10-16(22(18)21-17)14-6-4-5-13(9-14)12-26(2,24)25/h4-10,15,23H,3,11-12H2,1-2H3,(H,20,21). The smallest absolute Gasteiger partial charge is 0.154 e. The molecule has 2 heterocycles. The van der Waals surface area contributed by atoms with Crippen LogP contribution in [0, 0.1) is 0 Å². The van der Waals surface area contributed by atoms with Gasteiger partial charge in [-0.25, -0.2) is 17.9 Å². The molecular weight excluding hydrogens is 352 g/mol. The van der Waals surface area contributed by atoms with Gasteiger partial charge in [-0.15, -0.1) is 5.10 Å². The molecule has 0 saturated heterocycles. The van der Waals surface area contributed by atoms with Crippen LogP contribution in [0.5, 0.6) is 0 Å². The minimum absolute atomic E-state index is 0.00745. The fourth-order valence-corrected chi connectivity index (χ4v) is 3.54. The highest BCUT2D eigenvalue weighted by atomic mass is 32.2. The van der Waals surface area contributed by atoms with E-state index < -0.39 is 9.84 Å². The quantitative estimate of drug-likeness (QED) is 0.658. The Morgan fingerprint density at radius 2 is 2.08 bits per heavy atom. The molecule has 0 spiro atoms. The lowest BCUT2D eigenvalue weighted by Crippen LogP contribution is -2.23. The van der Waals surface area contributed by atoms with E-state index in [0.29, 0.717) is 11.5 Å². The lowest BCUT2D eigenvalue weighted by molar-refractivity contribution is 0.271. The van der Waals surface area contributed by atoms with Gasteiger partial charge in [0.25, 0.3) is 0 Å². The molecule has 2 N–H and O–H groups in total. The highest BCUT2D eigenvalue weighted by Crippen LogP contribution is 2.23. The van der Waals surface area contributed by atoms with Crippen LogP contribution in [0.4, 0.5) is 5.82 Å². The lowest BCUT2D eigenvalue weighted by Gasteiger charge is -2.14. The molecule has 0 aliphatic rings. The number of hydrogen-bond donors (Lipinski definition) is 2. The molecule has 0 bridgehead atoms. The number of aromatic nitrogens is 3. The van der Waals surface area contributed by atoms with Gasteiger partial charge in [0.1, 0.15) is 5.82 Å². The van der Waals surface area contributed by atoms with Crippen LogP contribution in [-0.2, 0) is 15.6 Å². The molecule has 26 heavy (non-hydrogen) atoms. The highest BCUT2D eigenvalue weighted by Gasteiger charge is 2.12. The topological polar surface area (TPSA) is 96.6 Å². The fraction of sp³-hybridized carbons (Fsp3) is 0.333. The molecule has 138 valence electrons. The van der Waals surface area contributed by atoms with E-state index in [2.05, 4.69) is 15.4 Å². The zero-order valence-electron chi connectivity index (χ0n) is 14.8. The number of anilines is 1. The second-order valence-electron chi connectivity index (χ2n) is 6.33. The van der Waals surface area contributed by atoms with E-state index >= 15 is 0 Å². The number of hydrogen-bond acceptors (Lipinski definition) is 6. The number of imidazole rings is 1. The summed E-state index contributed by atoms with van der Waals surface area (Å²) in [5.74, 6) is 0.636. The second kappa shape index (κ2) is 7.43. The van der Waals surface area contributed by atoms with E-state index in [1.54, 1.807) is 16.8 Å². The predicted molar refractivity (Wildman–Crippen MR) is 102 cm³/mol. The second-order valence-corrected chi connectivity index (χ2v) is 8.47. The van der Waals surface area contributed by atoms with Gasteiger partial charge in [-0.05, 0) is 30.2 Å². The Hall–Kier alpha value is -2.45. The Balaban J connectivity index is 1.99. The van der Waals surface area contributed by atoms with Crippen LogP contribution in [0.15, 0.2) is 42.6 Å². The number of aliphatic hydroxyl groups excluding tert-OH is 1. The fourth-order valence-electron chi connectivity index (χ4n) is 2.76. The molecule has 1 unspecified atom stereocenters. The first-order chi connectivity index (χ1) is 12.4. The van der Waals surface area contributed by atoms with E-state index in [0.717, 1.165) is 23.2 Å². The van der Waals surface area contributed by atoms with Gasteiger partial charge in [0, 0.05) is 11.8 Å². The van der Waals surface area contributed by atoms with E-state index in [1.165, 1.54) is 6.26 Å². The summed E-state index contributed by atoms with van der Waals surface area (Å²) in [6.07, 6.45) is 3.72. The van der Waals surface area contributed by atoms with Crippen molar-refractivity contribution in [3.8, 4) is 11.3 Å². The predicted octanol–water partition coefficient (Wildman–Crippen LogP) is 2.12. The summed E-state index contributed by atoms with van der Waals surface area (Å²) in [4.78, 5) is 4.36. The molecule has 2 aromatic heterocycles. The normalized spacial score (nSPS) is 13.0. The summed E-state index contributed by atoms with van der Waals surface area (Å²) in [6.45, 7) is 2.02. The third kappa shape index (κ3) is 4.20. The summed E-state index contributed by atoms with van der Waals surface area (Å²) in [6, 6.07) is 11.0. The van der Waals surface area contributed by atoms with E-state index in [4.69, 9.17) is 0 Å². The molecular formula is C18H22N4O3S. The van der Waals surface area contributed by atoms with Crippen LogP contribution in [0.1, 0.15) is 18.9 Å². The number of nitrogens with zero attached hydrogens (tertiary/aromatic N) is 3. The molecule has 8 heteroatoms. The van der Waals surface area contributed by atoms with Gasteiger partial charge in [-0.2, -0.15) is 0 Å². The Kier molecular flexibility index (Phi) is 5.24. The SMILES string of the molecule is CCC(CO)Nc1ccc2ncc(-c3cccc(CS(C)(=O)=O)c3)n2n1. The van der Waals surface area contributed by atoms with Crippen molar-refractivity contribution in [2.75, 3.05) is 18.2 Å². The van der Waals surface area contributed by atoms with Gasteiger partial charge in [-0.1, -0.05) is 25.1 Å². The minimum atomic E-state index is -3.10. The Labute approximate surface area is 152 Å². The van der Waals surface area contributed by atoms with Gasteiger partial charge >= 0.3 is 0 Å². The number of rotatable bonds is 7. The molecule has 0 amide bonds. The van der Waals surface area contributed by atoms with Crippen molar-refractivity contribution in [3.05, 3.63) is 48.2 Å². The Bertz CT molecular complexity index is 1010. The summed E-state index contributed by atoms with van der Waals surface area (Å²) in [5, 5.41) is 17.1. The summed E-state index contributed by atoms with van der Waals surface area (Å²) in [5.41, 5.74) is 3.03. The average molecular weight is 374 g/mol. The maximum absolute atomic E-state index is 11.6. The lowest BCUT2D eigenvalue weighted by atomic mass is 10.1. The van der Waals surface area contributed by atoms with Crippen molar-refractivity contribution in [2.24, 2.45) is 0 Å². The van der Waals surface area contributed by atoms with E-state index in [9.17, 15) is 13.5 Å². The van der Waals surface area contributed by atoms with Crippen molar-refractivity contribution in [1.29, 1.82) is 0 Å². The molecule has 3 rings (SSSR count). The monoisotopic (exact) mass is 374 g/mol. The number of benzene rings is 1. The van der Waals surface area contributed by atoms with Gasteiger partial charge in [0.2, 0.25) is 0 Å². The van der Waals surface area contributed by atoms with Crippen molar-refractivity contribution in [3.63, 3.8) is 0 Å². The molecule has 7 nitrogen and oxygen atoms in total. The molecule has 0 aliphatic carbocycles. The molecule has 0 fully saturated rings. The van der Waals surface area contributed by atoms with Crippen LogP contribution in [0.2, 0.25) is 0 Å². The van der Waals surface area contributed by atoms with Crippen LogP contribution >= 0.6 is 0 Å². The minimum Gasteiger partial charge on any atom is -0.394 e. The first kappa shape index (κ1) is 18.3. The average Bonchev–Trinajstić information content (AvgIpc) is 3.01. The molecule has 0 aliphatic heterocycles. The third-order valence-corrected chi connectivity index (χ3v) is 4.94. The number of fused-ring (bicyclic) bond motifs is 1. The van der Waals surface area contributed by atoms with Gasteiger partial charge < -0.3 is 10.4 Å². The zero-order valence-corrected chi connectivity index (χ0v) is 15.6. The van der Waals surface area contributed by atoms with Crippen molar-refractivity contribution < 1.29 is 13.5 Å². The highest BCUT2D eigenvalue weighted by molar-refractivity contribution is 7.89. The molecule has 0 radical (unpaired) electrons. The van der Waals surface area contributed by atoms with Crippen LogP contribution < -0.4 is 5.32 Å². The van der Waals surface area contributed by atoms with Crippen LogP contribution in [0.25, 0.3) is 16.9 Å². The van der Waals surface area contributed by atoms with Crippen LogP contribution in [0.3, 0.4) is 0 Å². The Morgan fingerprint density at radius 3 is 2.77 bits per heavy atom. The third-order valence-electron chi connectivity index (χ3n) is 4.08. The number of aliphatic hydroxyl groups is 1. The van der Waals surface area contributed by atoms with Crippen molar-refractivity contribution in [2.45, 2.75) is 25.1 Å². The maximum atomic E-state index is 11.6. The summed E-state index contributed by atoms with van der Waals surface area (Å²) < 4.78 is 24.8.